The Bertz CT molecular complexity index is 3230. The van der Waals surface area contributed by atoms with Gasteiger partial charge in [-0.25, -0.2) is 13.8 Å². The number of thiazole rings is 1. The number of rotatable bonds is 17. The molecule has 20 heteroatoms. The molecule has 3 aromatic carbocycles. The molecule has 0 aliphatic carbocycles. The maximum absolute atomic E-state index is 17.2. The van der Waals surface area contributed by atoms with Crippen LogP contribution in [0.25, 0.3) is 43.4 Å². The number of β-amino-alcohol motifs (C(OH)–C–C–N with tert-alkyl or cyclic N) is 1. The molecule has 7 heterocycles. The standard InChI is InChI=1S/C58H68F2N10O7S/c1-6-41-44(59)20-17-35-22-39(71)23-42(48(35)41)50-49(60)51-43(26-61-50)54(68-27-36-18-19-37(28-68)64-36)67-57(66-51)77-30-38-10-9-21-69(38)47(74)12-8-7-11-46(73)65-53(58(3,4)5)56(76)70-29-40(72)24-45(70)55(75)62-25-33-13-15-34(16-14-33)52-32(2)63-31-78-52/h13-17,20,22-23,26,31,36-38,40,45,53,64,71-72H,6-12,18-19,21,24-25,27-30H2,1-5H3,(H,62,75)(H,65,73)/t36?,37?,38-,40+,45-,53+/m0/s1. The molecule has 4 fully saturated rings. The topological polar surface area (TPSA) is 215 Å². The largest absolute Gasteiger partial charge is 0.508 e. The Morgan fingerprint density at radius 3 is 2.42 bits per heavy atom. The number of hydrogen-bond acceptors (Lipinski definition) is 14. The lowest BCUT2D eigenvalue weighted by molar-refractivity contribution is -0.144. The molecule has 4 amide bonds. The molecule has 412 valence electrons. The molecule has 10 rings (SSSR count). The Morgan fingerprint density at radius 2 is 1.71 bits per heavy atom. The molecule has 5 N–H and O–H groups in total. The molecule has 17 nitrogen and oxygen atoms in total. The summed E-state index contributed by atoms with van der Waals surface area (Å²) in [5.41, 5.74) is 4.42. The first-order valence-corrected chi connectivity index (χ1v) is 28.1. The number of phenolic OH excluding ortho intramolecular Hbond substituents is 1. The van der Waals surface area contributed by atoms with Crippen molar-refractivity contribution in [2.24, 2.45) is 5.41 Å². The predicted octanol–water partition coefficient (Wildman–Crippen LogP) is 7.50. The summed E-state index contributed by atoms with van der Waals surface area (Å²) >= 11 is 1.56. The van der Waals surface area contributed by atoms with E-state index in [0.717, 1.165) is 41.0 Å². The van der Waals surface area contributed by atoms with E-state index in [0.29, 0.717) is 72.9 Å². The minimum Gasteiger partial charge on any atom is -0.508 e. The van der Waals surface area contributed by atoms with Gasteiger partial charge in [0.25, 0.3) is 0 Å². The zero-order chi connectivity index (χ0) is 55.0. The number of aromatic nitrogens is 4. The summed E-state index contributed by atoms with van der Waals surface area (Å²) in [5.74, 6) is -2.14. The van der Waals surface area contributed by atoms with Crippen LogP contribution in [0.3, 0.4) is 0 Å². The Morgan fingerprint density at radius 1 is 0.949 bits per heavy atom. The summed E-state index contributed by atoms with van der Waals surface area (Å²) in [4.78, 5) is 79.9. The number of aryl methyl sites for hydroxylation is 2. The molecule has 6 aromatic rings. The smallest absolute Gasteiger partial charge is 0.319 e. The molecule has 0 saturated carbocycles. The highest BCUT2D eigenvalue weighted by molar-refractivity contribution is 7.13. The van der Waals surface area contributed by atoms with Crippen molar-refractivity contribution < 1.29 is 42.9 Å². The van der Waals surface area contributed by atoms with Crippen LogP contribution in [0.5, 0.6) is 11.8 Å². The number of aliphatic hydroxyl groups is 1. The number of nitrogens with one attached hydrogen (secondary N) is 3. The SMILES string of the molecule is CCc1c(F)ccc2cc(O)cc(-c3ncc4c(N5CC6CCC(C5)N6)nc(OC[C@@H]5CCCN5C(=O)CCCCC(=O)N[C@H](C(=O)N5C[C@H](O)C[C@H]5C(=O)NCc5ccc(-c6scnc6C)cc5)C(C)(C)C)nc4c3F)c12. The molecule has 4 saturated heterocycles. The van der Waals surface area contributed by atoms with Crippen LogP contribution in [0.2, 0.25) is 0 Å². The van der Waals surface area contributed by atoms with Crippen molar-refractivity contribution in [3.63, 3.8) is 0 Å². The molecule has 0 radical (unpaired) electrons. The van der Waals surface area contributed by atoms with Gasteiger partial charge in [0.1, 0.15) is 47.3 Å². The number of fused-ring (bicyclic) bond motifs is 4. The van der Waals surface area contributed by atoms with Crippen molar-refractivity contribution in [3.8, 4) is 33.5 Å². The zero-order valence-corrected chi connectivity index (χ0v) is 45.6. The van der Waals surface area contributed by atoms with Crippen molar-refractivity contribution in [1.29, 1.82) is 0 Å². The van der Waals surface area contributed by atoms with Gasteiger partial charge in [-0.1, -0.05) is 58.0 Å². The molecule has 3 aromatic heterocycles. The number of aromatic hydroxyl groups is 1. The first kappa shape index (κ1) is 54.5. The number of nitrogens with zero attached hydrogens (tertiary/aromatic N) is 7. The van der Waals surface area contributed by atoms with Gasteiger partial charge in [-0.2, -0.15) is 9.97 Å². The van der Waals surface area contributed by atoms with Gasteiger partial charge in [0, 0.05) is 75.8 Å². The van der Waals surface area contributed by atoms with E-state index in [1.54, 1.807) is 27.8 Å². The molecule has 4 aliphatic heterocycles. The van der Waals surface area contributed by atoms with E-state index < -0.39 is 41.1 Å². The van der Waals surface area contributed by atoms with Crippen LogP contribution in [0.4, 0.5) is 14.6 Å². The summed E-state index contributed by atoms with van der Waals surface area (Å²) in [6.07, 6.45) is 5.50. The summed E-state index contributed by atoms with van der Waals surface area (Å²) in [5, 5.41) is 32.3. The highest BCUT2D eigenvalue weighted by Gasteiger charge is 2.45. The minimum absolute atomic E-state index is 0.0306. The van der Waals surface area contributed by atoms with Crippen LogP contribution in [0.1, 0.15) is 102 Å². The molecule has 2 unspecified atom stereocenters. The Hall–Kier alpha value is -6.90. The average Bonchev–Trinajstić information content (AvgIpc) is 4.29. The highest BCUT2D eigenvalue weighted by atomic mass is 32.1. The highest BCUT2D eigenvalue weighted by Crippen LogP contribution is 2.40. The number of pyridine rings is 1. The number of piperazine rings is 1. The number of ether oxygens (including phenoxy) is 1. The van der Waals surface area contributed by atoms with Gasteiger partial charge in [-0.15, -0.1) is 11.3 Å². The Balaban J connectivity index is 0.762. The van der Waals surface area contributed by atoms with Crippen molar-refractivity contribution in [1.82, 2.24) is 45.7 Å². The van der Waals surface area contributed by atoms with E-state index >= 15 is 8.78 Å². The number of phenols is 1. The monoisotopic (exact) mass is 1090 g/mol. The lowest BCUT2D eigenvalue weighted by atomic mass is 9.85. The van der Waals surface area contributed by atoms with Crippen LogP contribution >= 0.6 is 11.3 Å². The molecular formula is C58H68F2N10O7S. The second kappa shape index (κ2) is 22.8. The van der Waals surface area contributed by atoms with Gasteiger partial charge in [0.2, 0.25) is 23.6 Å². The Kier molecular flexibility index (Phi) is 15.9. The van der Waals surface area contributed by atoms with E-state index in [2.05, 4.69) is 35.8 Å². The second-order valence-corrected chi connectivity index (χ2v) is 23.2. The summed E-state index contributed by atoms with van der Waals surface area (Å²) in [6, 6.07) is 11.8. The third kappa shape index (κ3) is 11.5. The van der Waals surface area contributed by atoms with Gasteiger partial charge in [-0.05, 0) is 103 Å². The van der Waals surface area contributed by atoms with Crippen molar-refractivity contribution >= 4 is 62.5 Å². The fraction of sp³-hybridized carbons (Fsp3) is 0.483. The van der Waals surface area contributed by atoms with E-state index in [1.807, 2.05) is 58.9 Å². The zero-order valence-electron chi connectivity index (χ0n) is 44.8. The quantitative estimate of drug-likeness (QED) is 0.0560. The number of unbranched alkanes of at least 4 members (excludes halogenated alkanes) is 1. The second-order valence-electron chi connectivity index (χ2n) is 22.4. The fourth-order valence-corrected chi connectivity index (χ4v) is 12.6. The number of halogens is 2. The predicted molar refractivity (Wildman–Crippen MR) is 294 cm³/mol. The average molecular weight is 1090 g/mol. The number of benzene rings is 3. The third-order valence-electron chi connectivity index (χ3n) is 15.8. The number of amides is 4. The van der Waals surface area contributed by atoms with Crippen LogP contribution in [0.15, 0.2) is 60.2 Å². The van der Waals surface area contributed by atoms with Gasteiger partial charge >= 0.3 is 6.01 Å². The molecular weight excluding hydrogens is 1020 g/mol. The van der Waals surface area contributed by atoms with Crippen molar-refractivity contribution in [2.45, 2.75) is 142 Å². The normalized spacial score (nSPS) is 20.7. The maximum Gasteiger partial charge on any atom is 0.319 e. The van der Waals surface area contributed by atoms with Gasteiger partial charge in [0.15, 0.2) is 5.82 Å². The summed E-state index contributed by atoms with van der Waals surface area (Å²) in [6.45, 7) is 11.3. The Labute approximate surface area is 456 Å². The maximum atomic E-state index is 17.2. The summed E-state index contributed by atoms with van der Waals surface area (Å²) < 4.78 is 38.7. The molecule has 2 bridgehead atoms. The van der Waals surface area contributed by atoms with Crippen molar-refractivity contribution in [3.05, 3.63) is 88.7 Å². The lowest BCUT2D eigenvalue weighted by Crippen LogP contribution is -2.57. The number of anilines is 1. The number of carbonyl (C=O) groups is 4. The lowest BCUT2D eigenvalue weighted by Gasteiger charge is -2.35. The number of carbonyl (C=O) groups excluding carboxylic acids is 4. The van der Waals surface area contributed by atoms with Gasteiger partial charge in [-0.3, -0.25) is 24.2 Å². The number of aliphatic hydroxyl groups excluding tert-OH is 1. The molecule has 6 atom stereocenters. The first-order chi connectivity index (χ1) is 37.4. The van der Waals surface area contributed by atoms with Crippen LogP contribution in [-0.4, -0.2) is 133 Å². The fourth-order valence-electron chi connectivity index (χ4n) is 11.7. The van der Waals surface area contributed by atoms with Crippen LogP contribution in [-0.2, 0) is 32.1 Å². The van der Waals surface area contributed by atoms with E-state index in [9.17, 15) is 29.4 Å². The first-order valence-electron chi connectivity index (χ1n) is 27.2. The molecule has 4 aliphatic rings. The van der Waals surface area contributed by atoms with Gasteiger partial charge < -0.3 is 45.6 Å². The number of hydrogen-bond donors (Lipinski definition) is 5. The number of likely N-dealkylation sites (tertiary alicyclic amines) is 2. The minimum atomic E-state index is -0.983. The van der Waals surface area contributed by atoms with E-state index in [-0.39, 0.29) is 103 Å². The van der Waals surface area contributed by atoms with Crippen LogP contribution in [0, 0.1) is 24.0 Å². The van der Waals surface area contributed by atoms with Crippen LogP contribution < -0.4 is 25.6 Å². The van der Waals surface area contributed by atoms with Crippen molar-refractivity contribution in [2.75, 3.05) is 37.7 Å². The molecule has 78 heavy (non-hydrogen) atoms. The van der Waals surface area contributed by atoms with Gasteiger partial charge in [0.05, 0.1) is 33.6 Å². The van der Waals surface area contributed by atoms with E-state index in [1.165, 1.54) is 29.3 Å². The third-order valence-corrected chi connectivity index (χ3v) is 16.8. The van der Waals surface area contributed by atoms with E-state index in [4.69, 9.17) is 9.72 Å². The molecule has 0 spiro atoms. The summed E-state index contributed by atoms with van der Waals surface area (Å²) in [7, 11) is 0.